The average molecular weight is 280 g/mol. The van der Waals surface area contributed by atoms with E-state index in [1.54, 1.807) is 0 Å². The van der Waals surface area contributed by atoms with Crippen molar-refractivity contribution in [1.82, 2.24) is 0 Å². The van der Waals surface area contributed by atoms with Crippen LogP contribution in [0.25, 0.3) is 0 Å². The van der Waals surface area contributed by atoms with Crippen molar-refractivity contribution >= 4 is 22.9 Å². The summed E-state index contributed by atoms with van der Waals surface area (Å²) in [6, 6.07) is 6.10. The molecule has 4 heteroatoms. The summed E-state index contributed by atoms with van der Waals surface area (Å²) in [6.07, 6.45) is 0.970. The number of hydrogen-bond donors (Lipinski definition) is 2. The number of nitrogens with two attached hydrogens (primary N) is 1. The van der Waals surface area contributed by atoms with Gasteiger partial charge in [-0.25, -0.2) is 0 Å². The van der Waals surface area contributed by atoms with Gasteiger partial charge in [0.25, 0.3) is 0 Å². The highest BCUT2D eigenvalue weighted by atomic mass is 32.1. The number of anilines is 1. The predicted octanol–water partition coefficient (Wildman–Crippen LogP) is 3.10. The van der Waals surface area contributed by atoms with Gasteiger partial charge in [0, 0.05) is 31.0 Å². The van der Waals surface area contributed by atoms with Crippen molar-refractivity contribution in [2.24, 2.45) is 11.7 Å². The molecule has 1 aromatic carbocycles. The molecule has 0 spiro atoms. The lowest BCUT2D eigenvalue weighted by molar-refractivity contribution is 0.110. The monoisotopic (exact) mass is 280 g/mol. The van der Waals surface area contributed by atoms with Crippen LogP contribution in [0.3, 0.4) is 0 Å². The van der Waals surface area contributed by atoms with Crippen LogP contribution < -0.4 is 11.1 Å². The fraction of sp³-hybridized carbons (Fsp3) is 0.533. The van der Waals surface area contributed by atoms with Crippen LogP contribution in [0.15, 0.2) is 18.2 Å². The fourth-order valence-corrected chi connectivity index (χ4v) is 1.90. The number of nitrogens with one attached hydrogen (secondary N) is 1. The van der Waals surface area contributed by atoms with Gasteiger partial charge < -0.3 is 15.8 Å². The van der Waals surface area contributed by atoms with E-state index in [9.17, 15) is 0 Å². The van der Waals surface area contributed by atoms with Crippen LogP contribution in [-0.2, 0) is 4.74 Å². The second-order valence-electron chi connectivity index (χ2n) is 5.16. The summed E-state index contributed by atoms with van der Waals surface area (Å²) in [4.78, 5) is 0.433. The summed E-state index contributed by atoms with van der Waals surface area (Å²) >= 11 is 5.07. The second-order valence-corrected chi connectivity index (χ2v) is 5.60. The summed E-state index contributed by atoms with van der Waals surface area (Å²) in [7, 11) is 0. The van der Waals surface area contributed by atoms with Gasteiger partial charge in [0.05, 0.1) is 0 Å². The number of rotatable bonds is 8. The molecule has 3 nitrogen and oxygen atoms in total. The molecular weight excluding hydrogens is 256 g/mol. The Hall–Kier alpha value is -1.13. The zero-order valence-electron chi connectivity index (χ0n) is 12.0. The Morgan fingerprint density at radius 3 is 2.79 bits per heavy atom. The molecule has 0 atom stereocenters. The molecule has 1 aromatic rings. The Morgan fingerprint density at radius 2 is 2.16 bits per heavy atom. The number of ether oxygens (including phenoxy) is 1. The molecule has 0 fully saturated rings. The molecule has 0 unspecified atom stereocenters. The van der Waals surface area contributed by atoms with Crippen LogP contribution in [0.2, 0.25) is 0 Å². The predicted molar refractivity (Wildman–Crippen MR) is 85.8 cm³/mol. The summed E-state index contributed by atoms with van der Waals surface area (Å²) < 4.78 is 5.54. The Kier molecular flexibility index (Phi) is 6.81. The maximum absolute atomic E-state index is 5.74. The molecule has 0 aliphatic heterocycles. The van der Waals surface area contributed by atoms with Crippen LogP contribution >= 0.6 is 12.2 Å². The van der Waals surface area contributed by atoms with E-state index in [4.69, 9.17) is 22.7 Å². The van der Waals surface area contributed by atoms with Crippen molar-refractivity contribution in [3.8, 4) is 0 Å². The molecule has 106 valence electrons. The Balaban J connectivity index is 2.39. The molecule has 0 heterocycles. The number of hydrogen-bond acceptors (Lipinski definition) is 3. The first-order valence-electron chi connectivity index (χ1n) is 6.72. The first-order chi connectivity index (χ1) is 9.00. The van der Waals surface area contributed by atoms with Gasteiger partial charge in [0.1, 0.15) is 4.99 Å². The molecule has 0 saturated carbocycles. The Bertz CT molecular complexity index is 419. The van der Waals surface area contributed by atoms with Gasteiger partial charge in [-0.3, -0.25) is 0 Å². The maximum atomic E-state index is 5.74. The molecule has 0 bridgehead atoms. The molecule has 3 N–H and O–H groups in total. The highest BCUT2D eigenvalue weighted by molar-refractivity contribution is 7.80. The zero-order valence-corrected chi connectivity index (χ0v) is 12.8. The lowest BCUT2D eigenvalue weighted by Crippen LogP contribution is -2.15. The number of aryl methyl sites for hydroxylation is 1. The molecule has 19 heavy (non-hydrogen) atoms. The van der Waals surface area contributed by atoms with E-state index in [0.29, 0.717) is 10.9 Å². The van der Waals surface area contributed by atoms with E-state index in [-0.39, 0.29) is 0 Å². The minimum Gasteiger partial charge on any atom is -0.389 e. The van der Waals surface area contributed by atoms with Gasteiger partial charge in [0.2, 0.25) is 0 Å². The van der Waals surface area contributed by atoms with Crippen LogP contribution in [0.4, 0.5) is 5.69 Å². The topological polar surface area (TPSA) is 47.3 Å². The van der Waals surface area contributed by atoms with Gasteiger partial charge in [-0.05, 0) is 31.4 Å². The minimum atomic E-state index is 0.433. The quantitative estimate of drug-likeness (QED) is 0.567. The number of benzene rings is 1. The van der Waals surface area contributed by atoms with E-state index in [0.717, 1.165) is 43.0 Å². The van der Waals surface area contributed by atoms with Gasteiger partial charge in [-0.15, -0.1) is 0 Å². The molecule has 0 radical (unpaired) electrons. The molecule has 0 amide bonds. The maximum Gasteiger partial charge on any atom is 0.106 e. The first kappa shape index (κ1) is 15.9. The number of thiocarbonyl (C=S) groups is 1. The minimum absolute atomic E-state index is 0.433. The second kappa shape index (κ2) is 8.12. The Labute approximate surface area is 121 Å². The molecule has 1 rings (SSSR count). The third kappa shape index (κ3) is 6.03. The van der Waals surface area contributed by atoms with Crippen molar-refractivity contribution in [3.63, 3.8) is 0 Å². The van der Waals surface area contributed by atoms with Crippen LogP contribution in [0.1, 0.15) is 31.4 Å². The van der Waals surface area contributed by atoms with Crippen molar-refractivity contribution in [3.05, 3.63) is 29.3 Å². The van der Waals surface area contributed by atoms with Crippen molar-refractivity contribution < 1.29 is 4.74 Å². The molecule has 0 aliphatic carbocycles. The van der Waals surface area contributed by atoms with E-state index >= 15 is 0 Å². The lowest BCUT2D eigenvalue weighted by Gasteiger charge is -2.12. The SMILES string of the molecule is Cc1ccc(NCCCOCC(C)C)c(C(N)=S)c1. The summed E-state index contributed by atoms with van der Waals surface area (Å²) in [5.41, 5.74) is 8.81. The smallest absolute Gasteiger partial charge is 0.106 e. The van der Waals surface area contributed by atoms with Crippen molar-refractivity contribution in [1.29, 1.82) is 0 Å². The summed E-state index contributed by atoms with van der Waals surface area (Å²) in [5, 5.41) is 3.36. The largest absolute Gasteiger partial charge is 0.389 e. The third-order valence-corrected chi connectivity index (χ3v) is 2.89. The molecule has 0 saturated heterocycles. The lowest BCUT2D eigenvalue weighted by atomic mass is 10.1. The Morgan fingerprint density at radius 1 is 1.42 bits per heavy atom. The van der Waals surface area contributed by atoms with Gasteiger partial charge in [0.15, 0.2) is 0 Å². The molecular formula is C15H24N2OS. The molecule has 0 aromatic heterocycles. The van der Waals surface area contributed by atoms with Crippen molar-refractivity contribution in [2.75, 3.05) is 25.1 Å². The van der Waals surface area contributed by atoms with E-state index in [2.05, 4.69) is 25.2 Å². The van der Waals surface area contributed by atoms with E-state index in [1.165, 1.54) is 0 Å². The highest BCUT2D eigenvalue weighted by Gasteiger charge is 2.04. The zero-order chi connectivity index (χ0) is 14.3. The van der Waals surface area contributed by atoms with Gasteiger partial charge >= 0.3 is 0 Å². The van der Waals surface area contributed by atoms with Crippen LogP contribution in [0, 0.1) is 12.8 Å². The summed E-state index contributed by atoms with van der Waals surface area (Å²) in [6.45, 7) is 8.79. The summed E-state index contributed by atoms with van der Waals surface area (Å²) in [5.74, 6) is 0.589. The first-order valence-corrected chi connectivity index (χ1v) is 7.13. The van der Waals surface area contributed by atoms with Gasteiger partial charge in [-0.1, -0.05) is 37.7 Å². The average Bonchev–Trinajstić information content (AvgIpc) is 2.34. The van der Waals surface area contributed by atoms with Crippen molar-refractivity contribution in [2.45, 2.75) is 27.2 Å². The highest BCUT2D eigenvalue weighted by Crippen LogP contribution is 2.17. The normalized spacial score (nSPS) is 10.7. The van der Waals surface area contributed by atoms with Gasteiger partial charge in [-0.2, -0.15) is 0 Å². The standard InChI is InChI=1S/C15H24N2OS/c1-11(2)10-18-8-4-7-17-14-6-5-12(3)9-13(14)15(16)19/h5-6,9,11,17H,4,7-8,10H2,1-3H3,(H2,16,19). The van der Waals surface area contributed by atoms with E-state index in [1.807, 2.05) is 19.1 Å². The van der Waals surface area contributed by atoms with E-state index < -0.39 is 0 Å². The fourth-order valence-electron chi connectivity index (χ4n) is 1.73. The third-order valence-electron chi connectivity index (χ3n) is 2.67. The van der Waals surface area contributed by atoms with Crippen LogP contribution in [-0.4, -0.2) is 24.7 Å². The molecule has 0 aliphatic rings. The van der Waals surface area contributed by atoms with Crippen LogP contribution in [0.5, 0.6) is 0 Å².